The van der Waals surface area contributed by atoms with Crippen LogP contribution < -0.4 is 14.8 Å². The molecule has 0 aliphatic rings. The van der Waals surface area contributed by atoms with Crippen molar-refractivity contribution < 1.29 is 14.3 Å². The van der Waals surface area contributed by atoms with Crippen molar-refractivity contribution in [2.45, 2.75) is 13.5 Å². The third-order valence-corrected chi connectivity index (χ3v) is 3.33. The summed E-state index contributed by atoms with van der Waals surface area (Å²) in [6.07, 6.45) is 0. The minimum atomic E-state index is -0.228. The predicted molar refractivity (Wildman–Crippen MR) is 86.8 cm³/mol. The summed E-state index contributed by atoms with van der Waals surface area (Å²) in [5.41, 5.74) is 1.40. The van der Waals surface area contributed by atoms with Gasteiger partial charge in [-0.25, -0.2) is 0 Å². The van der Waals surface area contributed by atoms with Gasteiger partial charge in [0.2, 0.25) is 0 Å². The molecule has 0 unspecified atom stereocenters. The Kier molecular flexibility index (Phi) is 5.67. The van der Waals surface area contributed by atoms with Crippen LogP contribution in [-0.2, 0) is 6.54 Å². The quantitative estimate of drug-likeness (QED) is 0.883. The lowest BCUT2D eigenvalue weighted by Gasteiger charge is -2.10. The van der Waals surface area contributed by atoms with E-state index in [9.17, 15) is 4.79 Å². The van der Waals surface area contributed by atoms with E-state index >= 15 is 0 Å². The van der Waals surface area contributed by atoms with Gasteiger partial charge < -0.3 is 14.8 Å². The van der Waals surface area contributed by atoms with Crippen molar-refractivity contribution in [3.05, 3.63) is 58.6 Å². The lowest BCUT2D eigenvalue weighted by Crippen LogP contribution is -2.23. The molecule has 0 bridgehead atoms. The second kappa shape index (κ2) is 7.71. The number of ether oxygens (including phenoxy) is 2. The van der Waals surface area contributed by atoms with Crippen LogP contribution in [0.1, 0.15) is 22.8 Å². The molecule has 0 aromatic heterocycles. The number of halogens is 1. The third kappa shape index (κ3) is 4.15. The first-order valence-corrected chi connectivity index (χ1v) is 7.35. The van der Waals surface area contributed by atoms with Gasteiger partial charge in [-0.1, -0.05) is 23.7 Å². The van der Waals surface area contributed by atoms with Crippen LogP contribution in [0.15, 0.2) is 42.5 Å². The molecule has 1 N–H and O–H groups in total. The summed E-state index contributed by atoms with van der Waals surface area (Å²) in [6.45, 7) is 2.98. The van der Waals surface area contributed by atoms with E-state index in [0.29, 0.717) is 29.5 Å². The summed E-state index contributed by atoms with van der Waals surface area (Å²) in [5, 5.41) is 3.34. The van der Waals surface area contributed by atoms with Crippen LogP contribution in [0.4, 0.5) is 0 Å². The molecule has 4 nitrogen and oxygen atoms in total. The van der Waals surface area contributed by atoms with Crippen LogP contribution in [-0.4, -0.2) is 19.6 Å². The van der Waals surface area contributed by atoms with Crippen molar-refractivity contribution in [3.8, 4) is 11.5 Å². The molecule has 1 amide bonds. The summed E-state index contributed by atoms with van der Waals surface area (Å²) in [5.74, 6) is 1.08. The molecule has 0 aliphatic carbocycles. The van der Waals surface area contributed by atoms with Crippen LogP contribution in [0.25, 0.3) is 0 Å². The Balaban J connectivity index is 2.02. The van der Waals surface area contributed by atoms with Gasteiger partial charge in [-0.15, -0.1) is 0 Å². The normalized spacial score (nSPS) is 10.1. The Hall–Kier alpha value is -2.20. The van der Waals surface area contributed by atoms with E-state index in [1.807, 2.05) is 31.2 Å². The minimum Gasteiger partial charge on any atom is -0.496 e. The fourth-order valence-electron chi connectivity index (χ4n) is 2.01. The second-order valence-electron chi connectivity index (χ2n) is 4.60. The summed E-state index contributed by atoms with van der Waals surface area (Å²) in [6, 6.07) is 12.5. The zero-order chi connectivity index (χ0) is 15.9. The van der Waals surface area contributed by atoms with Gasteiger partial charge in [0.05, 0.1) is 19.3 Å². The Morgan fingerprint density at radius 2 is 1.91 bits per heavy atom. The molecule has 0 heterocycles. The van der Waals surface area contributed by atoms with Gasteiger partial charge in [0.15, 0.2) is 0 Å². The van der Waals surface area contributed by atoms with Crippen molar-refractivity contribution >= 4 is 17.5 Å². The number of methoxy groups -OCH3 is 1. The summed E-state index contributed by atoms with van der Waals surface area (Å²) in [7, 11) is 1.52. The summed E-state index contributed by atoms with van der Waals surface area (Å²) in [4.78, 5) is 12.2. The maximum atomic E-state index is 12.2. The standard InChI is InChI=1S/C17H18ClNO3/c1-3-22-14-7-4-12(5-8-14)11-19-17(20)15-10-13(18)6-9-16(15)21-2/h4-10H,3,11H2,1-2H3,(H,19,20). The number of benzene rings is 2. The van der Waals surface area contributed by atoms with Gasteiger partial charge >= 0.3 is 0 Å². The van der Waals surface area contributed by atoms with Gasteiger partial charge in [-0.3, -0.25) is 4.79 Å². The van der Waals surface area contributed by atoms with Gasteiger partial charge in [0.1, 0.15) is 11.5 Å². The number of carbonyl (C=O) groups excluding carboxylic acids is 1. The molecule has 2 aromatic carbocycles. The average molecular weight is 320 g/mol. The lowest BCUT2D eigenvalue weighted by atomic mass is 10.1. The molecule has 22 heavy (non-hydrogen) atoms. The SMILES string of the molecule is CCOc1ccc(CNC(=O)c2cc(Cl)ccc2OC)cc1. The topological polar surface area (TPSA) is 47.6 Å². The molecule has 0 aliphatic heterocycles. The van der Waals surface area contributed by atoms with Crippen molar-refractivity contribution in [3.63, 3.8) is 0 Å². The first-order chi connectivity index (χ1) is 10.6. The lowest BCUT2D eigenvalue weighted by molar-refractivity contribution is 0.0948. The maximum Gasteiger partial charge on any atom is 0.255 e. The first-order valence-electron chi connectivity index (χ1n) is 6.97. The molecule has 0 atom stereocenters. The highest BCUT2D eigenvalue weighted by atomic mass is 35.5. The van der Waals surface area contributed by atoms with E-state index in [1.165, 1.54) is 7.11 Å². The molecule has 0 saturated heterocycles. The summed E-state index contributed by atoms with van der Waals surface area (Å²) >= 11 is 5.93. The Morgan fingerprint density at radius 3 is 2.55 bits per heavy atom. The van der Waals surface area contributed by atoms with Gasteiger partial charge in [-0.2, -0.15) is 0 Å². The smallest absolute Gasteiger partial charge is 0.255 e. The van der Waals surface area contributed by atoms with Crippen LogP contribution in [0.3, 0.4) is 0 Å². The highest BCUT2D eigenvalue weighted by Crippen LogP contribution is 2.22. The summed E-state index contributed by atoms with van der Waals surface area (Å²) < 4.78 is 10.6. The molecule has 0 spiro atoms. The van der Waals surface area contributed by atoms with E-state index in [-0.39, 0.29) is 5.91 Å². The fourth-order valence-corrected chi connectivity index (χ4v) is 2.18. The van der Waals surface area contributed by atoms with Crippen LogP contribution in [0.2, 0.25) is 5.02 Å². The highest BCUT2D eigenvalue weighted by Gasteiger charge is 2.12. The van der Waals surface area contributed by atoms with E-state index in [2.05, 4.69) is 5.32 Å². The van der Waals surface area contributed by atoms with Gasteiger partial charge in [0, 0.05) is 11.6 Å². The Morgan fingerprint density at radius 1 is 1.18 bits per heavy atom. The van der Waals surface area contributed by atoms with E-state index in [1.54, 1.807) is 18.2 Å². The maximum absolute atomic E-state index is 12.2. The zero-order valence-electron chi connectivity index (χ0n) is 12.6. The van der Waals surface area contributed by atoms with Crippen LogP contribution in [0.5, 0.6) is 11.5 Å². The van der Waals surface area contributed by atoms with Crippen molar-refractivity contribution in [1.29, 1.82) is 0 Å². The third-order valence-electron chi connectivity index (χ3n) is 3.09. The molecular weight excluding hydrogens is 302 g/mol. The Bertz CT molecular complexity index is 641. The predicted octanol–water partition coefficient (Wildman–Crippen LogP) is 3.68. The van der Waals surface area contributed by atoms with E-state index in [4.69, 9.17) is 21.1 Å². The zero-order valence-corrected chi connectivity index (χ0v) is 13.3. The van der Waals surface area contributed by atoms with Crippen molar-refractivity contribution in [1.82, 2.24) is 5.32 Å². The molecule has 2 aromatic rings. The monoisotopic (exact) mass is 319 g/mol. The largest absolute Gasteiger partial charge is 0.496 e. The fraction of sp³-hybridized carbons (Fsp3) is 0.235. The molecule has 0 fully saturated rings. The number of carbonyl (C=O) groups is 1. The molecular formula is C17H18ClNO3. The van der Waals surface area contributed by atoms with Gasteiger partial charge in [0.25, 0.3) is 5.91 Å². The highest BCUT2D eigenvalue weighted by molar-refractivity contribution is 6.31. The number of rotatable bonds is 6. The minimum absolute atomic E-state index is 0.228. The van der Waals surface area contributed by atoms with Crippen LogP contribution >= 0.6 is 11.6 Å². The number of nitrogens with one attached hydrogen (secondary N) is 1. The van der Waals surface area contributed by atoms with Crippen molar-refractivity contribution in [2.24, 2.45) is 0 Å². The Labute approximate surface area is 135 Å². The molecule has 5 heteroatoms. The number of amides is 1. The molecule has 2 rings (SSSR count). The number of hydrogen-bond donors (Lipinski definition) is 1. The first kappa shape index (κ1) is 16.2. The second-order valence-corrected chi connectivity index (χ2v) is 5.04. The average Bonchev–Trinajstić information content (AvgIpc) is 2.54. The van der Waals surface area contributed by atoms with Gasteiger partial charge in [-0.05, 0) is 42.8 Å². The molecule has 0 saturated carbocycles. The molecule has 116 valence electrons. The molecule has 0 radical (unpaired) electrons. The van der Waals surface area contributed by atoms with Crippen molar-refractivity contribution in [2.75, 3.05) is 13.7 Å². The number of hydrogen-bond acceptors (Lipinski definition) is 3. The van der Waals surface area contributed by atoms with Crippen LogP contribution in [0, 0.1) is 0 Å². The van der Waals surface area contributed by atoms with E-state index in [0.717, 1.165) is 11.3 Å². The van der Waals surface area contributed by atoms with E-state index < -0.39 is 0 Å².